The zero-order valence-electron chi connectivity index (χ0n) is 12.6. The number of carbonyl (C=O) groups excluding carboxylic acids is 1. The fourth-order valence-corrected chi connectivity index (χ4v) is 2.44. The van der Waals surface area contributed by atoms with Gasteiger partial charge in [-0.3, -0.25) is 0 Å². The lowest BCUT2D eigenvalue weighted by Gasteiger charge is -2.36. The molecule has 1 aliphatic heterocycles. The molecule has 2 rings (SSSR count). The fraction of sp³-hybridized carbons (Fsp3) is 0.467. The summed E-state index contributed by atoms with van der Waals surface area (Å²) in [6.45, 7) is 2.32. The SMILES string of the molecule is COC(CC1(C)C(N)=NC(=O)N1Cc1ccccc1)OC. The van der Waals surface area contributed by atoms with Gasteiger partial charge in [-0.1, -0.05) is 30.3 Å². The molecule has 0 spiro atoms. The number of methoxy groups -OCH3 is 2. The first kappa shape index (κ1) is 15.5. The Kier molecular flexibility index (Phi) is 4.59. The van der Waals surface area contributed by atoms with E-state index in [4.69, 9.17) is 15.2 Å². The molecule has 21 heavy (non-hydrogen) atoms. The van der Waals surface area contributed by atoms with Crippen molar-refractivity contribution in [2.24, 2.45) is 10.7 Å². The van der Waals surface area contributed by atoms with Gasteiger partial charge in [-0.25, -0.2) is 4.79 Å². The van der Waals surface area contributed by atoms with E-state index in [1.165, 1.54) is 0 Å². The molecule has 1 aromatic rings. The van der Waals surface area contributed by atoms with Crippen LogP contribution >= 0.6 is 0 Å². The Bertz CT molecular complexity index is 528. The highest BCUT2D eigenvalue weighted by Crippen LogP contribution is 2.30. The smallest absolute Gasteiger partial charge is 0.346 e. The predicted octanol–water partition coefficient (Wildman–Crippen LogP) is 1.75. The summed E-state index contributed by atoms with van der Waals surface area (Å²) in [5, 5.41) is 0. The maximum Gasteiger partial charge on any atom is 0.346 e. The van der Waals surface area contributed by atoms with Crippen LogP contribution < -0.4 is 5.73 Å². The highest BCUT2D eigenvalue weighted by Gasteiger charge is 2.46. The van der Waals surface area contributed by atoms with Gasteiger partial charge in [0.05, 0.1) is 0 Å². The normalized spacial score (nSPS) is 22.0. The first-order valence-electron chi connectivity index (χ1n) is 6.77. The van der Waals surface area contributed by atoms with Crippen molar-refractivity contribution in [2.45, 2.75) is 31.7 Å². The van der Waals surface area contributed by atoms with Crippen LogP contribution in [0.15, 0.2) is 35.3 Å². The molecule has 0 aliphatic carbocycles. The van der Waals surface area contributed by atoms with Gasteiger partial charge in [0, 0.05) is 27.2 Å². The van der Waals surface area contributed by atoms with Crippen LogP contribution in [0.5, 0.6) is 0 Å². The number of nitrogens with zero attached hydrogens (tertiary/aromatic N) is 2. The Morgan fingerprint density at radius 2 is 1.90 bits per heavy atom. The Morgan fingerprint density at radius 1 is 1.29 bits per heavy atom. The first-order chi connectivity index (χ1) is 10.0. The molecule has 0 radical (unpaired) electrons. The summed E-state index contributed by atoms with van der Waals surface area (Å²) in [7, 11) is 3.12. The fourth-order valence-electron chi connectivity index (χ4n) is 2.44. The van der Waals surface area contributed by atoms with E-state index < -0.39 is 11.8 Å². The predicted molar refractivity (Wildman–Crippen MR) is 79.8 cm³/mol. The van der Waals surface area contributed by atoms with Crippen LogP contribution in [-0.4, -0.2) is 42.8 Å². The van der Waals surface area contributed by atoms with Crippen LogP contribution in [0.4, 0.5) is 4.79 Å². The Balaban J connectivity index is 2.23. The number of rotatable bonds is 6. The van der Waals surface area contributed by atoms with Gasteiger partial charge in [0.2, 0.25) is 0 Å². The molecule has 0 saturated carbocycles. The summed E-state index contributed by atoms with van der Waals surface area (Å²) in [6.07, 6.45) is -0.0265. The second-order valence-electron chi connectivity index (χ2n) is 5.23. The summed E-state index contributed by atoms with van der Waals surface area (Å²) >= 11 is 0. The molecule has 1 aromatic carbocycles. The van der Waals surface area contributed by atoms with E-state index in [2.05, 4.69) is 4.99 Å². The number of carbonyl (C=O) groups is 1. The lowest BCUT2D eigenvalue weighted by atomic mass is 9.94. The van der Waals surface area contributed by atoms with Crippen LogP contribution in [-0.2, 0) is 16.0 Å². The molecular formula is C15H21N3O3. The van der Waals surface area contributed by atoms with Crippen LogP contribution in [0.1, 0.15) is 18.9 Å². The van der Waals surface area contributed by atoms with E-state index in [-0.39, 0.29) is 6.03 Å². The van der Waals surface area contributed by atoms with Crippen LogP contribution in [0, 0.1) is 0 Å². The highest BCUT2D eigenvalue weighted by molar-refractivity contribution is 6.05. The van der Waals surface area contributed by atoms with E-state index in [1.54, 1.807) is 19.1 Å². The summed E-state index contributed by atoms with van der Waals surface area (Å²) < 4.78 is 10.5. The number of benzene rings is 1. The lowest BCUT2D eigenvalue weighted by molar-refractivity contribution is -0.118. The molecule has 6 nitrogen and oxygen atoms in total. The van der Waals surface area contributed by atoms with Crippen molar-refractivity contribution in [3.05, 3.63) is 35.9 Å². The van der Waals surface area contributed by atoms with E-state index in [9.17, 15) is 4.79 Å². The summed E-state index contributed by atoms with van der Waals surface area (Å²) in [4.78, 5) is 17.7. The number of ether oxygens (including phenoxy) is 2. The van der Waals surface area contributed by atoms with E-state index in [0.29, 0.717) is 18.8 Å². The third kappa shape index (κ3) is 3.06. The molecule has 0 aromatic heterocycles. The van der Waals surface area contributed by atoms with Crippen molar-refractivity contribution in [1.29, 1.82) is 0 Å². The Labute approximate surface area is 124 Å². The maximum atomic E-state index is 12.1. The summed E-state index contributed by atoms with van der Waals surface area (Å²) in [5.74, 6) is 0.294. The van der Waals surface area contributed by atoms with E-state index in [1.807, 2.05) is 37.3 Å². The van der Waals surface area contributed by atoms with Crippen molar-refractivity contribution in [3.8, 4) is 0 Å². The third-order valence-corrected chi connectivity index (χ3v) is 3.87. The van der Waals surface area contributed by atoms with Gasteiger partial charge in [-0.05, 0) is 12.5 Å². The molecule has 1 atom stereocenters. The minimum absolute atomic E-state index is 0.294. The molecule has 114 valence electrons. The number of aliphatic imine (C=N–C) groups is 1. The van der Waals surface area contributed by atoms with Crippen molar-refractivity contribution in [2.75, 3.05) is 14.2 Å². The van der Waals surface area contributed by atoms with Gasteiger partial charge in [-0.2, -0.15) is 4.99 Å². The van der Waals surface area contributed by atoms with Crippen LogP contribution in [0.3, 0.4) is 0 Å². The average Bonchev–Trinajstić information content (AvgIpc) is 2.69. The molecule has 6 heteroatoms. The maximum absolute atomic E-state index is 12.1. The van der Waals surface area contributed by atoms with Gasteiger partial charge >= 0.3 is 6.03 Å². The number of amides is 2. The Hall–Kier alpha value is -1.92. The Morgan fingerprint density at radius 3 is 2.48 bits per heavy atom. The van der Waals surface area contributed by atoms with Gasteiger partial charge in [0.15, 0.2) is 6.29 Å². The molecule has 0 saturated heterocycles. The number of hydrogen-bond acceptors (Lipinski definition) is 4. The highest BCUT2D eigenvalue weighted by atomic mass is 16.7. The zero-order chi connectivity index (χ0) is 15.5. The van der Waals surface area contributed by atoms with Gasteiger partial charge in [-0.15, -0.1) is 0 Å². The van der Waals surface area contributed by atoms with E-state index >= 15 is 0 Å². The van der Waals surface area contributed by atoms with Crippen molar-refractivity contribution < 1.29 is 14.3 Å². The minimum Gasteiger partial charge on any atom is -0.385 e. The summed E-state index contributed by atoms with van der Waals surface area (Å²) in [6, 6.07) is 9.41. The number of urea groups is 1. The standard InChI is InChI=1S/C15H21N3O3/c1-15(9-12(20-2)21-3)13(16)17-14(19)18(15)10-11-7-5-4-6-8-11/h4-8,12H,9-10H2,1-3H3,(H2,16,17,19). The van der Waals surface area contributed by atoms with Crippen molar-refractivity contribution in [3.63, 3.8) is 0 Å². The molecule has 0 bridgehead atoms. The van der Waals surface area contributed by atoms with Crippen LogP contribution in [0.2, 0.25) is 0 Å². The largest absolute Gasteiger partial charge is 0.385 e. The molecule has 1 heterocycles. The van der Waals surface area contributed by atoms with Gasteiger partial charge in [0.25, 0.3) is 0 Å². The number of hydrogen-bond donors (Lipinski definition) is 1. The van der Waals surface area contributed by atoms with Crippen molar-refractivity contribution >= 4 is 11.9 Å². The number of amidine groups is 1. The molecule has 2 amide bonds. The molecule has 1 unspecified atom stereocenters. The third-order valence-electron chi connectivity index (χ3n) is 3.87. The molecule has 2 N–H and O–H groups in total. The first-order valence-corrected chi connectivity index (χ1v) is 6.77. The number of nitrogens with two attached hydrogens (primary N) is 1. The second kappa shape index (κ2) is 6.24. The minimum atomic E-state index is -0.719. The molecule has 1 aliphatic rings. The molecule has 0 fully saturated rings. The second-order valence-corrected chi connectivity index (χ2v) is 5.23. The van der Waals surface area contributed by atoms with Crippen LogP contribution in [0.25, 0.3) is 0 Å². The van der Waals surface area contributed by atoms with E-state index in [0.717, 1.165) is 5.56 Å². The monoisotopic (exact) mass is 291 g/mol. The average molecular weight is 291 g/mol. The molecular weight excluding hydrogens is 270 g/mol. The van der Waals surface area contributed by atoms with Gasteiger partial charge in [0.1, 0.15) is 11.4 Å². The van der Waals surface area contributed by atoms with Gasteiger partial charge < -0.3 is 20.1 Å². The quantitative estimate of drug-likeness (QED) is 0.810. The zero-order valence-corrected chi connectivity index (χ0v) is 12.6. The van der Waals surface area contributed by atoms with Crippen molar-refractivity contribution in [1.82, 2.24) is 4.90 Å². The topological polar surface area (TPSA) is 77.2 Å². The summed E-state index contributed by atoms with van der Waals surface area (Å²) in [5.41, 5.74) is 6.28. The lowest BCUT2D eigenvalue weighted by Crippen LogP contribution is -2.53.